The van der Waals surface area contributed by atoms with E-state index in [9.17, 15) is 9.59 Å². The maximum Gasteiger partial charge on any atom is 0.317 e. The predicted molar refractivity (Wildman–Crippen MR) is 98.6 cm³/mol. The molecule has 1 aliphatic rings. The molecule has 0 spiro atoms. The first-order valence-electron chi connectivity index (χ1n) is 9.27. The fourth-order valence-corrected chi connectivity index (χ4v) is 3.39. The molecular formula is C20H30N2O3. The monoisotopic (exact) mass is 346 g/mol. The minimum absolute atomic E-state index is 0.0585. The van der Waals surface area contributed by atoms with Crippen LogP contribution in [0, 0.1) is 0 Å². The molecule has 0 aromatic heterocycles. The average Bonchev–Trinajstić information content (AvgIpc) is 2.60. The molecule has 0 atom stereocenters. The largest absolute Gasteiger partial charge is 0.480 e. The van der Waals surface area contributed by atoms with Gasteiger partial charge in [0.1, 0.15) is 0 Å². The van der Waals surface area contributed by atoms with Gasteiger partial charge in [-0.1, -0.05) is 37.6 Å². The molecule has 1 heterocycles. The lowest BCUT2D eigenvalue weighted by Gasteiger charge is -2.36. The lowest BCUT2D eigenvalue weighted by molar-refractivity contribution is -0.139. The number of hydrogen-bond acceptors (Lipinski definition) is 3. The van der Waals surface area contributed by atoms with Gasteiger partial charge in [0.2, 0.25) is 5.91 Å². The van der Waals surface area contributed by atoms with Crippen molar-refractivity contribution in [3.05, 3.63) is 35.4 Å². The number of likely N-dealkylation sites (N-methyl/N-ethyl adjacent to an activating group) is 1. The van der Waals surface area contributed by atoms with Crippen LogP contribution in [0.1, 0.15) is 43.7 Å². The predicted octanol–water partition coefficient (Wildman–Crippen LogP) is 2.58. The number of hydrogen-bond donors (Lipinski definition) is 1. The number of carboxylic acid groups (broad SMARTS) is 1. The van der Waals surface area contributed by atoms with Gasteiger partial charge in [0, 0.05) is 19.1 Å². The van der Waals surface area contributed by atoms with Crippen LogP contribution in [0.5, 0.6) is 0 Å². The topological polar surface area (TPSA) is 60.9 Å². The van der Waals surface area contributed by atoms with E-state index >= 15 is 0 Å². The summed E-state index contributed by atoms with van der Waals surface area (Å²) in [6, 6.07) is 8.64. The van der Waals surface area contributed by atoms with Crippen molar-refractivity contribution in [2.24, 2.45) is 0 Å². The Balaban J connectivity index is 1.79. The fourth-order valence-electron chi connectivity index (χ4n) is 3.39. The second-order valence-corrected chi connectivity index (χ2v) is 7.02. The Morgan fingerprint density at radius 1 is 1.16 bits per heavy atom. The van der Waals surface area contributed by atoms with E-state index in [1.807, 2.05) is 16.8 Å². The molecule has 0 bridgehead atoms. The van der Waals surface area contributed by atoms with Crippen molar-refractivity contribution in [3.8, 4) is 0 Å². The van der Waals surface area contributed by atoms with Crippen LogP contribution in [0.15, 0.2) is 24.3 Å². The van der Waals surface area contributed by atoms with Crippen LogP contribution in [-0.2, 0) is 22.4 Å². The second-order valence-electron chi connectivity index (χ2n) is 7.02. The van der Waals surface area contributed by atoms with Gasteiger partial charge < -0.3 is 10.0 Å². The zero-order valence-electron chi connectivity index (χ0n) is 15.4. The standard InChI is InChI=1S/C20H30N2O3/c1-3-4-5-16-6-8-17(9-7-16)14-19(23)22-12-10-18(11-13-22)21(2)15-20(24)25/h6-9,18H,3-5,10-15H2,1-2H3,(H,24,25). The molecule has 1 saturated heterocycles. The van der Waals surface area contributed by atoms with Gasteiger partial charge in [-0.3, -0.25) is 14.5 Å². The third-order valence-electron chi connectivity index (χ3n) is 5.02. The van der Waals surface area contributed by atoms with Gasteiger partial charge >= 0.3 is 5.97 Å². The van der Waals surface area contributed by atoms with Gasteiger partial charge in [-0.05, 0) is 43.9 Å². The second kappa shape index (κ2) is 9.56. The van der Waals surface area contributed by atoms with E-state index in [0.717, 1.165) is 24.8 Å². The molecule has 1 N–H and O–H groups in total. The summed E-state index contributed by atoms with van der Waals surface area (Å²) in [6.45, 7) is 3.67. The van der Waals surface area contributed by atoms with Crippen LogP contribution in [0.4, 0.5) is 0 Å². The summed E-state index contributed by atoms with van der Waals surface area (Å²) in [5.74, 6) is -0.635. The quantitative estimate of drug-likeness (QED) is 0.786. The number of benzene rings is 1. The Labute approximate surface area is 150 Å². The van der Waals surface area contributed by atoms with E-state index in [0.29, 0.717) is 19.5 Å². The number of aliphatic carboxylic acids is 1. The highest BCUT2D eigenvalue weighted by atomic mass is 16.4. The molecule has 0 aliphatic carbocycles. The smallest absolute Gasteiger partial charge is 0.317 e. The molecule has 0 unspecified atom stereocenters. The number of aryl methyl sites for hydroxylation is 1. The number of likely N-dealkylation sites (tertiary alicyclic amines) is 1. The van der Waals surface area contributed by atoms with Crippen molar-refractivity contribution >= 4 is 11.9 Å². The fraction of sp³-hybridized carbons (Fsp3) is 0.600. The van der Waals surface area contributed by atoms with Gasteiger partial charge in [0.05, 0.1) is 13.0 Å². The van der Waals surface area contributed by atoms with E-state index < -0.39 is 5.97 Å². The number of piperidine rings is 1. The van der Waals surface area contributed by atoms with Crippen LogP contribution in [0.3, 0.4) is 0 Å². The first-order valence-corrected chi connectivity index (χ1v) is 9.27. The lowest BCUT2D eigenvalue weighted by atomic mass is 10.0. The summed E-state index contributed by atoms with van der Waals surface area (Å²) < 4.78 is 0. The van der Waals surface area contributed by atoms with E-state index in [2.05, 4.69) is 31.2 Å². The SMILES string of the molecule is CCCCc1ccc(CC(=O)N2CCC(N(C)CC(=O)O)CC2)cc1. The van der Waals surface area contributed by atoms with Crippen LogP contribution >= 0.6 is 0 Å². The Kier molecular flexibility index (Phi) is 7.44. The van der Waals surface area contributed by atoms with Gasteiger partial charge in [-0.25, -0.2) is 0 Å². The maximum absolute atomic E-state index is 12.5. The number of carboxylic acids is 1. The third kappa shape index (κ3) is 6.16. The molecule has 5 nitrogen and oxygen atoms in total. The summed E-state index contributed by atoms with van der Waals surface area (Å²) in [7, 11) is 1.84. The molecule has 1 aromatic carbocycles. The highest BCUT2D eigenvalue weighted by Gasteiger charge is 2.25. The Morgan fingerprint density at radius 3 is 2.32 bits per heavy atom. The minimum atomic E-state index is -0.802. The molecule has 25 heavy (non-hydrogen) atoms. The van der Waals surface area contributed by atoms with Crippen molar-refractivity contribution in [3.63, 3.8) is 0 Å². The first-order chi connectivity index (χ1) is 12.0. The minimum Gasteiger partial charge on any atom is -0.480 e. The summed E-state index contributed by atoms with van der Waals surface area (Å²) in [6.07, 6.45) is 5.62. The molecule has 1 aliphatic heterocycles. The zero-order valence-corrected chi connectivity index (χ0v) is 15.4. The Hall–Kier alpha value is -1.88. The molecule has 1 fully saturated rings. The lowest BCUT2D eigenvalue weighted by Crippen LogP contribution is -2.47. The van der Waals surface area contributed by atoms with Gasteiger partial charge in [-0.2, -0.15) is 0 Å². The summed E-state index contributed by atoms with van der Waals surface area (Å²) >= 11 is 0. The summed E-state index contributed by atoms with van der Waals surface area (Å²) in [4.78, 5) is 27.1. The summed E-state index contributed by atoms with van der Waals surface area (Å²) in [5, 5.41) is 8.88. The van der Waals surface area contributed by atoms with Crippen molar-refractivity contribution in [1.29, 1.82) is 0 Å². The first kappa shape index (κ1) is 19.4. The zero-order chi connectivity index (χ0) is 18.2. The molecular weight excluding hydrogens is 316 g/mol. The van der Waals surface area contributed by atoms with Crippen molar-refractivity contribution in [2.45, 2.75) is 51.5 Å². The Morgan fingerprint density at radius 2 is 1.76 bits per heavy atom. The number of rotatable bonds is 8. The van der Waals surface area contributed by atoms with Crippen molar-refractivity contribution in [2.75, 3.05) is 26.7 Å². The number of amides is 1. The van der Waals surface area contributed by atoms with Gasteiger partial charge in [0.15, 0.2) is 0 Å². The van der Waals surface area contributed by atoms with Crippen molar-refractivity contribution in [1.82, 2.24) is 9.80 Å². The average molecular weight is 346 g/mol. The van der Waals surface area contributed by atoms with E-state index in [1.54, 1.807) is 0 Å². The maximum atomic E-state index is 12.5. The highest BCUT2D eigenvalue weighted by Crippen LogP contribution is 2.17. The molecule has 2 rings (SSSR count). The molecule has 1 amide bonds. The molecule has 5 heteroatoms. The van der Waals surface area contributed by atoms with Crippen LogP contribution < -0.4 is 0 Å². The van der Waals surface area contributed by atoms with Crippen molar-refractivity contribution < 1.29 is 14.7 Å². The molecule has 138 valence electrons. The van der Waals surface area contributed by atoms with E-state index in [1.165, 1.54) is 18.4 Å². The summed E-state index contributed by atoms with van der Waals surface area (Å²) in [5.41, 5.74) is 2.40. The third-order valence-corrected chi connectivity index (χ3v) is 5.02. The normalized spacial score (nSPS) is 15.6. The van der Waals surface area contributed by atoms with E-state index in [-0.39, 0.29) is 18.5 Å². The number of carbonyl (C=O) groups excluding carboxylic acids is 1. The number of nitrogens with zero attached hydrogens (tertiary/aromatic N) is 2. The number of unbranched alkanes of at least 4 members (excludes halogenated alkanes) is 1. The van der Waals surface area contributed by atoms with Crippen LogP contribution in [0.2, 0.25) is 0 Å². The van der Waals surface area contributed by atoms with Crippen LogP contribution in [0.25, 0.3) is 0 Å². The van der Waals surface area contributed by atoms with Crippen LogP contribution in [-0.4, -0.2) is 59.5 Å². The number of carbonyl (C=O) groups is 2. The van der Waals surface area contributed by atoms with Gasteiger partial charge in [-0.15, -0.1) is 0 Å². The molecule has 0 saturated carbocycles. The Bertz CT molecular complexity index is 563. The molecule has 0 radical (unpaired) electrons. The van der Waals surface area contributed by atoms with E-state index in [4.69, 9.17) is 5.11 Å². The van der Waals surface area contributed by atoms with Gasteiger partial charge in [0.25, 0.3) is 0 Å². The highest BCUT2D eigenvalue weighted by molar-refractivity contribution is 5.78. The molecule has 1 aromatic rings.